The molecule has 1 saturated carbocycles. The molecule has 2 aromatic heterocycles. The third-order valence-corrected chi connectivity index (χ3v) is 13.0. The number of hydrogen-bond donors (Lipinski definition) is 4. The molecule has 65 heavy (non-hydrogen) atoms. The maximum atomic E-state index is 14.2. The number of H-pyrrole nitrogens is 2. The lowest BCUT2D eigenvalue weighted by Gasteiger charge is -2.35. The van der Waals surface area contributed by atoms with Crippen LogP contribution in [0.25, 0.3) is 44.4 Å². The zero-order chi connectivity index (χ0) is 46.0. The van der Waals surface area contributed by atoms with E-state index in [1.807, 2.05) is 62.2 Å². The highest BCUT2D eigenvalue weighted by molar-refractivity contribution is 5.91. The van der Waals surface area contributed by atoms with Gasteiger partial charge in [-0.3, -0.25) is 9.59 Å². The van der Waals surface area contributed by atoms with Gasteiger partial charge in [-0.05, 0) is 88.6 Å². The highest BCUT2D eigenvalue weighted by Gasteiger charge is 2.55. The fourth-order valence-electron chi connectivity index (χ4n) is 9.26. The monoisotopic (exact) mass is 878 g/mol. The van der Waals surface area contributed by atoms with Crippen molar-refractivity contribution in [3.8, 4) is 33.6 Å². The van der Waals surface area contributed by atoms with Gasteiger partial charge in [0, 0.05) is 18.7 Å². The first-order chi connectivity index (χ1) is 31.3. The fraction of sp³-hybridized carbons (Fsp3) is 0.373. The van der Waals surface area contributed by atoms with Gasteiger partial charge in [0.1, 0.15) is 23.7 Å². The molecule has 6 aromatic rings. The van der Waals surface area contributed by atoms with Crippen molar-refractivity contribution >= 4 is 34.8 Å². The number of imidazole rings is 2. The van der Waals surface area contributed by atoms with Crippen molar-refractivity contribution in [3.05, 3.63) is 121 Å². The summed E-state index contributed by atoms with van der Waals surface area (Å²) < 4.78 is 9.70. The summed E-state index contributed by atoms with van der Waals surface area (Å²) in [7, 11) is 2.58. The van der Waals surface area contributed by atoms with Crippen molar-refractivity contribution in [3.63, 3.8) is 0 Å². The smallest absolute Gasteiger partial charge is 0.407 e. The number of fused-ring (bicyclic) bond motifs is 1. The van der Waals surface area contributed by atoms with E-state index in [4.69, 9.17) is 19.4 Å². The number of hydrogen-bond acceptors (Lipinski definition) is 8. The van der Waals surface area contributed by atoms with Crippen LogP contribution in [0.4, 0.5) is 9.59 Å². The number of carbonyl (C=O) groups excluding carboxylic acids is 4. The van der Waals surface area contributed by atoms with Crippen molar-refractivity contribution in [2.45, 2.75) is 78.0 Å². The average Bonchev–Trinajstić information content (AvgIpc) is 3.64. The van der Waals surface area contributed by atoms with Crippen LogP contribution >= 0.6 is 0 Å². The lowest BCUT2D eigenvalue weighted by atomic mass is 9.98. The Bertz CT molecular complexity index is 2670. The van der Waals surface area contributed by atoms with Crippen molar-refractivity contribution in [1.29, 1.82) is 0 Å². The van der Waals surface area contributed by atoms with Crippen molar-refractivity contribution in [2.24, 2.45) is 17.3 Å². The van der Waals surface area contributed by atoms with Crippen LogP contribution in [-0.4, -0.2) is 87.1 Å². The zero-order valence-electron chi connectivity index (χ0n) is 38.1. The molecule has 4 N–H and O–H groups in total. The topological polar surface area (TPSA) is 175 Å². The average molecular weight is 879 g/mol. The Kier molecular flexibility index (Phi) is 12.8. The number of nitrogens with zero attached hydrogens (tertiary/aromatic N) is 4. The molecule has 14 nitrogen and oxygen atoms in total. The zero-order valence-corrected chi connectivity index (χ0v) is 38.1. The molecule has 2 aliphatic rings. The predicted octanol–water partition coefficient (Wildman–Crippen LogP) is 9.36. The molecule has 8 rings (SSSR count). The van der Waals surface area contributed by atoms with E-state index in [-0.39, 0.29) is 41.1 Å². The second-order valence-corrected chi connectivity index (χ2v) is 18.1. The fourth-order valence-corrected chi connectivity index (χ4v) is 9.26. The van der Waals surface area contributed by atoms with E-state index in [1.165, 1.54) is 14.2 Å². The number of benzene rings is 4. The molecule has 0 unspecified atom stereocenters. The quantitative estimate of drug-likeness (QED) is 0.0837. The molecule has 3 heterocycles. The molecular formula is C51H58N8O6. The van der Waals surface area contributed by atoms with Crippen LogP contribution in [0.5, 0.6) is 0 Å². The molecule has 14 heteroatoms. The Labute approximate surface area is 379 Å². The number of aromatic nitrogens is 4. The van der Waals surface area contributed by atoms with Crippen LogP contribution in [-0.2, 0) is 19.1 Å². The van der Waals surface area contributed by atoms with Crippen molar-refractivity contribution in [2.75, 3.05) is 27.3 Å². The first-order valence-electron chi connectivity index (χ1n) is 22.4. The number of carbonyl (C=O) groups is 4. The number of methoxy groups -OCH3 is 2. The van der Waals surface area contributed by atoms with Gasteiger partial charge in [-0.15, -0.1) is 0 Å². The molecule has 338 valence electrons. The van der Waals surface area contributed by atoms with Gasteiger partial charge in [-0.1, -0.05) is 107 Å². The van der Waals surface area contributed by atoms with Crippen LogP contribution in [0.1, 0.15) is 89.2 Å². The minimum absolute atomic E-state index is 0.00707. The summed E-state index contributed by atoms with van der Waals surface area (Å²) >= 11 is 0. The van der Waals surface area contributed by atoms with E-state index in [1.54, 1.807) is 11.1 Å². The molecule has 1 aliphatic carbocycles. The standard InChI is InChI=1S/C51H58N8O6/c1-8-58(48(61)43(57-50(63)65-7)34-12-10-9-11-13-34)44(31(4)5)46-53-27-39(55-46)33-16-14-32(15-17-33)35-18-19-37-25-38(21-20-36(37)24-35)40-28-52-45(54-40)41-26-51(22-23-51)29-59(41)47(60)42(30(2)3)56-49(62)64-6/h9-21,24-25,27-28,30-31,41-44H,8,22-23,26,29H2,1-7H3,(H,52,54)(H,53,55)(H,56,62)(H,57,63)/t41-,42-,43+,44-/m0/s1. The second-order valence-electron chi connectivity index (χ2n) is 18.1. The van der Waals surface area contributed by atoms with Crippen molar-refractivity contribution in [1.82, 2.24) is 40.4 Å². The third kappa shape index (κ3) is 9.34. The first kappa shape index (κ1) is 44.6. The minimum Gasteiger partial charge on any atom is -0.453 e. The molecule has 0 radical (unpaired) electrons. The largest absolute Gasteiger partial charge is 0.453 e. The summed E-state index contributed by atoms with van der Waals surface area (Å²) in [6.45, 7) is 10.9. The van der Waals surface area contributed by atoms with Gasteiger partial charge in [-0.25, -0.2) is 19.6 Å². The Balaban J connectivity index is 0.971. The van der Waals surface area contributed by atoms with Crippen LogP contribution in [0.2, 0.25) is 0 Å². The number of amides is 4. The molecule has 0 bridgehead atoms. The number of likely N-dealkylation sites (N-methyl/N-ethyl adjacent to an activating group) is 1. The van der Waals surface area contributed by atoms with Gasteiger partial charge in [-0.2, -0.15) is 0 Å². The number of likely N-dealkylation sites (tertiary alicyclic amines) is 1. The van der Waals surface area contributed by atoms with E-state index in [0.29, 0.717) is 24.5 Å². The third-order valence-electron chi connectivity index (χ3n) is 13.0. The molecular weight excluding hydrogens is 821 g/mol. The summed E-state index contributed by atoms with van der Waals surface area (Å²) in [4.78, 5) is 72.9. The van der Waals surface area contributed by atoms with E-state index < -0.39 is 24.3 Å². The predicted molar refractivity (Wildman–Crippen MR) is 249 cm³/mol. The summed E-state index contributed by atoms with van der Waals surface area (Å²) in [5.74, 6) is 0.938. The summed E-state index contributed by atoms with van der Waals surface area (Å²) in [6, 6.07) is 28.1. The van der Waals surface area contributed by atoms with Gasteiger partial charge in [0.2, 0.25) is 5.91 Å². The molecule has 1 spiro atoms. The van der Waals surface area contributed by atoms with Crippen LogP contribution in [0.3, 0.4) is 0 Å². The number of rotatable bonds is 14. The van der Waals surface area contributed by atoms with Gasteiger partial charge in [0.05, 0.1) is 50.1 Å². The summed E-state index contributed by atoms with van der Waals surface area (Å²) in [5.41, 5.74) is 6.58. The Hall–Kier alpha value is -6.96. The number of nitrogens with one attached hydrogen (secondary N) is 4. The first-order valence-corrected chi connectivity index (χ1v) is 22.4. The highest BCUT2D eigenvalue weighted by atomic mass is 16.5. The molecule has 4 atom stereocenters. The van der Waals surface area contributed by atoms with E-state index in [0.717, 1.165) is 69.5 Å². The van der Waals surface area contributed by atoms with E-state index in [2.05, 4.69) is 95.1 Å². The Morgan fingerprint density at radius 1 is 0.754 bits per heavy atom. The molecule has 4 aromatic carbocycles. The molecule has 2 fully saturated rings. The van der Waals surface area contributed by atoms with Gasteiger partial charge in [0.15, 0.2) is 0 Å². The minimum atomic E-state index is -0.931. The second kappa shape index (κ2) is 18.6. The summed E-state index contributed by atoms with van der Waals surface area (Å²) in [6.07, 6.45) is 5.35. The van der Waals surface area contributed by atoms with Crippen LogP contribution in [0, 0.1) is 17.3 Å². The Morgan fingerprint density at radius 3 is 1.98 bits per heavy atom. The number of aromatic amines is 2. The highest BCUT2D eigenvalue weighted by Crippen LogP contribution is 2.58. The van der Waals surface area contributed by atoms with Gasteiger partial charge in [0.25, 0.3) is 5.91 Å². The summed E-state index contributed by atoms with van der Waals surface area (Å²) in [5, 5.41) is 7.67. The van der Waals surface area contributed by atoms with Gasteiger partial charge < -0.3 is 39.9 Å². The number of alkyl carbamates (subject to hydrolysis) is 2. The lowest BCUT2D eigenvalue weighted by molar-refractivity contribution is -0.137. The molecule has 1 aliphatic heterocycles. The molecule has 1 saturated heterocycles. The maximum absolute atomic E-state index is 14.2. The molecule has 4 amide bonds. The van der Waals surface area contributed by atoms with Crippen LogP contribution < -0.4 is 10.6 Å². The number of ether oxygens (including phenoxy) is 2. The maximum Gasteiger partial charge on any atom is 0.407 e. The van der Waals surface area contributed by atoms with Gasteiger partial charge >= 0.3 is 12.2 Å². The lowest BCUT2D eigenvalue weighted by Crippen LogP contribution is -2.51. The Morgan fingerprint density at radius 2 is 1.35 bits per heavy atom. The normalized spacial score (nSPS) is 16.6. The van der Waals surface area contributed by atoms with E-state index >= 15 is 0 Å². The van der Waals surface area contributed by atoms with Crippen LogP contribution in [0.15, 0.2) is 103 Å². The van der Waals surface area contributed by atoms with E-state index in [9.17, 15) is 19.2 Å². The van der Waals surface area contributed by atoms with Crippen molar-refractivity contribution < 1.29 is 28.7 Å². The SMILES string of the molecule is CCN(C(=O)[C@H](NC(=O)OC)c1ccccc1)[C@H](c1ncc(-c2ccc(-c3ccc4cc(-c5cnc([C@@H]6CC7(CC7)CN6C(=O)[C@@H](NC(=O)OC)C(C)C)[nH]5)ccc4c3)cc2)[nH]1)C(C)C.